The Labute approximate surface area is 164 Å². The molecule has 8 heteroatoms. The molecule has 2 heterocycles. The second kappa shape index (κ2) is 7.69. The first-order chi connectivity index (χ1) is 13.2. The number of likely N-dealkylation sites (tertiary alicyclic amines) is 1. The largest absolute Gasteiger partial charge is 0.497 e. The van der Waals surface area contributed by atoms with Crippen LogP contribution in [0, 0.1) is 5.92 Å². The van der Waals surface area contributed by atoms with E-state index in [1.165, 1.54) is 4.90 Å². The number of nitrogens with one attached hydrogen (secondary N) is 1. The van der Waals surface area contributed by atoms with E-state index in [4.69, 9.17) is 9.47 Å². The summed E-state index contributed by atoms with van der Waals surface area (Å²) >= 11 is 0. The van der Waals surface area contributed by atoms with Gasteiger partial charge in [0.25, 0.3) is 0 Å². The summed E-state index contributed by atoms with van der Waals surface area (Å²) in [5.74, 6) is -0.0337. The number of hydrogen-bond acceptors (Lipinski definition) is 5. The first-order valence-corrected chi connectivity index (χ1v) is 9.40. The Kier molecular flexibility index (Phi) is 5.49. The lowest BCUT2D eigenvalue weighted by Gasteiger charge is -2.43. The summed E-state index contributed by atoms with van der Waals surface area (Å²) in [7, 11) is 1.58. The molecule has 3 rings (SSSR count). The number of carbonyl (C=O) groups excluding carboxylic acids is 3. The quantitative estimate of drug-likeness (QED) is 0.857. The van der Waals surface area contributed by atoms with Gasteiger partial charge in [0.15, 0.2) is 0 Å². The number of ether oxygens (including phenoxy) is 2. The van der Waals surface area contributed by atoms with Gasteiger partial charge in [-0.1, -0.05) is 12.1 Å². The molecule has 0 aromatic heterocycles. The summed E-state index contributed by atoms with van der Waals surface area (Å²) < 4.78 is 10.6. The Balaban J connectivity index is 1.70. The number of nitrogens with zero attached hydrogens (tertiary/aromatic N) is 2. The molecular weight excluding hydrogens is 362 g/mol. The third-order valence-corrected chi connectivity index (χ3v) is 4.90. The Morgan fingerprint density at radius 2 is 1.89 bits per heavy atom. The Morgan fingerprint density at radius 3 is 2.50 bits per heavy atom. The molecule has 1 aromatic rings. The fraction of sp³-hybridized carbons (Fsp3) is 0.550. The number of fused-ring (bicyclic) bond motifs is 1. The average molecular weight is 389 g/mol. The van der Waals surface area contributed by atoms with E-state index in [9.17, 15) is 14.4 Å². The Bertz CT molecular complexity index is 756. The molecule has 152 valence electrons. The lowest BCUT2D eigenvalue weighted by Crippen LogP contribution is -2.65. The van der Waals surface area contributed by atoms with Gasteiger partial charge in [0, 0.05) is 19.1 Å². The van der Waals surface area contributed by atoms with Crippen LogP contribution in [-0.4, -0.2) is 59.7 Å². The smallest absolute Gasteiger partial charge is 0.410 e. The molecule has 0 spiro atoms. The lowest BCUT2D eigenvalue weighted by molar-refractivity contribution is -0.137. The SMILES string of the molecule is COc1ccc(CN2C(=O)NC3CCN(C(=O)OC(C)(C)C)CC3C2=O)cc1. The highest BCUT2D eigenvalue weighted by molar-refractivity contribution is 5.99. The molecule has 0 bridgehead atoms. The molecule has 0 saturated carbocycles. The van der Waals surface area contributed by atoms with Crippen molar-refractivity contribution >= 4 is 18.0 Å². The van der Waals surface area contributed by atoms with E-state index in [0.717, 1.165) is 5.56 Å². The molecule has 1 N–H and O–H groups in total. The molecular formula is C20H27N3O5. The number of piperidine rings is 1. The Hall–Kier alpha value is -2.77. The third-order valence-electron chi connectivity index (χ3n) is 4.90. The van der Waals surface area contributed by atoms with Crippen molar-refractivity contribution < 1.29 is 23.9 Å². The molecule has 2 unspecified atom stereocenters. The number of amides is 4. The normalized spacial score (nSPS) is 22.4. The second-order valence-corrected chi connectivity index (χ2v) is 8.15. The predicted octanol–water partition coefficient (Wildman–Crippen LogP) is 2.37. The van der Waals surface area contributed by atoms with Crippen LogP contribution in [0.1, 0.15) is 32.8 Å². The monoisotopic (exact) mass is 389 g/mol. The molecule has 1 aromatic carbocycles. The van der Waals surface area contributed by atoms with E-state index in [-0.39, 0.29) is 25.0 Å². The minimum absolute atomic E-state index is 0.171. The first kappa shape index (κ1) is 20.0. The van der Waals surface area contributed by atoms with E-state index in [2.05, 4.69) is 5.32 Å². The highest BCUT2D eigenvalue weighted by Crippen LogP contribution is 2.26. The molecule has 28 heavy (non-hydrogen) atoms. The molecule has 0 aliphatic carbocycles. The minimum Gasteiger partial charge on any atom is -0.497 e. The van der Waals surface area contributed by atoms with Crippen LogP contribution >= 0.6 is 0 Å². The van der Waals surface area contributed by atoms with Gasteiger partial charge in [-0.25, -0.2) is 9.59 Å². The maximum absolute atomic E-state index is 13.0. The zero-order chi connectivity index (χ0) is 20.5. The van der Waals surface area contributed by atoms with E-state index >= 15 is 0 Å². The van der Waals surface area contributed by atoms with Gasteiger partial charge in [-0.05, 0) is 44.9 Å². The van der Waals surface area contributed by atoms with Crippen molar-refractivity contribution in [1.29, 1.82) is 0 Å². The molecule has 2 saturated heterocycles. The summed E-state index contributed by atoms with van der Waals surface area (Å²) in [5, 5.41) is 2.91. The summed E-state index contributed by atoms with van der Waals surface area (Å²) in [5.41, 5.74) is 0.224. The fourth-order valence-corrected chi connectivity index (χ4v) is 3.47. The number of imide groups is 1. The summed E-state index contributed by atoms with van der Waals surface area (Å²) in [4.78, 5) is 40.6. The fourth-order valence-electron chi connectivity index (χ4n) is 3.47. The zero-order valence-electron chi connectivity index (χ0n) is 16.7. The number of methoxy groups -OCH3 is 1. The van der Waals surface area contributed by atoms with Crippen molar-refractivity contribution in [3.05, 3.63) is 29.8 Å². The lowest BCUT2D eigenvalue weighted by atomic mass is 9.89. The van der Waals surface area contributed by atoms with Crippen LogP contribution in [-0.2, 0) is 16.1 Å². The Morgan fingerprint density at radius 1 is 1.21 bits per heavy atom. The maximum Gasteiger partial charge on any atom is 0.410 e. The van der Waals surface area contributed by atoms with Crippen LogP contribution in [0.3, 0.4) is 0 Å². The number of rotatable bonds is 3. The summed E-state index contributed by atoms with van der Waals surface area (Å²) in [6.07, 6.45) is 0.0926. The van der Waals surface area contributed by atoms with E-state index in [1.54, 1.807) is 44.9 Å². The second-order valence-electron chi connectivity index (χ2n) is 8.15. The highest BCUT2D eigenvalue weighted by Gasteiger charge is 2.45. The van der Waals surface area contributed by atoms with E-state index in [0.29, 0.717) is 18.7 Å². The minimum atomic E-state index is -0.598. The third kappa shape index (κ3) is 4.37. The van der Waals surface area contributed by atoms with Gasteiger partial charge in [0.1, 0.15) is 11.4 Å². The first-order valence-electron chi connectivity index (χ1n) is 9.40. The van der Waals surface area contributed by atoms with Gasteiger partial charge in [0.05, 0.1) is 19.6 Å². The van der Waals surface area contributed by atoms with Crippen LogP contribution in [0.2, 0.25) is 0 Å². The van der Waals surface area contributed by atoms with Crippen molar-refractivity contribution in [3.63, 3.8) is 0 Å². The standard InChI is InChI=1S/C20H27N3O5/c1-20(2,3)28-19(26)22-10-9-16-15(12-22)17(24)23(18(25)21-16)11-13-5-7-14(27-4)8-6-13/h5-8,15-16H,9-12H2,1-4H3,(H,21,25). The van der Waals surface area contributed by atoms with Gasteiger partial charge in [0.2, 0.25) is 5.91 Å². The number of benzene rings is 1. The van der Waals surface area contributed by atoms with Gasteiger partial charge in [-0.15, -0.1) is 0 Å². The van der Waals surface area contributed by atoms with Gasteiger partial charge in [-0.3, -0.25) is 9.69 Å². The van der Waals surface area contributed by atoms with Crippen molar-refractivity contribution in [1.82, 2.24) is 15.1 Å². The predicted molar refractivity (Wildman–Crippen MR) is 102 cm³/mol. The topological polar surface area (TPSA) is 88.2 Å². The van der Waals surface area contributed by atoms with Crippen LogP contribution < -0.4 is 10.1 Å². The van der Waals surface area contributed by atoms with Crippen LogP contribution in [0.25, 0.3) is 0 Å². The molecule has 2 aliphatic heterocycles. The van der Waals surface area contributed by atoms with Gasteiger partial charge < -0.3 is 19.7 Å². The molecule has 2 fully saturated rings. The number of carbonyl (C=O) groups is 3. The number of urea groups is 1. The van der Waals surface area contributed by atoms with Crippen LogP contribution in [0.4, 0.5) is 9.59 Å². The van der Waals surface area contributed by atoms with Crippen LogP contribution in [0.5, 0.6) is 5.75 Å². The molecule has 2 aliphatic rings. The average Bonchev–Trinajstić information content (AvgIpc) is 2.64. The van der Waals surface area contributed by atoms with Crippen molar-refractivity contribution in [2.45, 2.75) is 45.4 Å². The van der Waals surface area contributed by atoms with E-state index in [1.807, 2.05) is 12.1 Å². The van der Waals surface area contributed by atoms with Gasteiger partial charge >= 0.3 is 12.1 Å². The van der Waals surface area contributed by atoms with Crippen molar-refractivity contribution in [2.75, 3.05) is 20.2 Å². The van der Waals surface area contributed by atoms with Gasteiger partial charge in [-0.2, -0.15) is 0 Å². The molecule has 4 amide bonds. The van der Waals surface area contributed by atoms with Crippen LogP contribution in [0.15, 0.2) is 24.3 Å². The van der Waals surface area contributed by atoms with E-state index < -0.39 is 23.6 Å². The molecule has 2 atom stereocenters. The molecule has 8 nitrogen and oxygen atoms in total. The van der Waals surface area contributed by atoms with Crippen molar-refractivity contribution in [3.8, 4) is 5.75 Å². The van der Waals surface area contributed by atoms with Crippen molar-refractivity contribution in [2.24, 2.45) is 5.92 Å². The number of hydrogen-bond donors (Lipinski definition) is 1. The highest BCUT2D eigenvalue weighted by atomic mass is 16.6. The summed E-state index contributed by atoms with van der Waals surface area (Å²) in [6.45, 7) is 6.27. The molecule has 0 radical (unpaired) electrons. The summed E-state index contributed by atoms with van der Waals surface area (Å²) in [6, 6.07) is 6.56. The zero-order valence-corrected chi connectivity index (χ0v) is 16.7. The maximum atomic E-state index is 13.0.